The van der Waals surface area contributed by atoms with E-state index < -0.39 is 0 Å². The molecule has 0 aliphatic carbocycles. The van der Waals surface area contributed by atoms with E-state index in [4.69, 9.17) is 16.1 Å². The molecule has 2 amide bonds. The number of hydrogen-bond donors (Lipinski definition) is 1. The Kier molecular flexibility index (Phi) is 5.28. The van der Waals surface area contributed by atoms with Gasteiger partial charge < -0.3 is 14.7 Å². The van der Waals surface area contributed by atoms with E-state index in [1.54, 1.807) is 30.0 Å². The number of carbonyl (C=O) groups excluding carboxylic acids is 2. The zero-order chi connectivity index (χ0) is 22.2. The lowest BCUT2D eigenvalue weighted by Crippen LogP contribution is -2.28. The van der Waals surface area contributed by atoms with E-state index in [0.717, 1.165) is 17.7 Å². The molecule has 0 saturated carbocycles. The fraction of sp³-hybridized carbons (Fsp3) is 0.125. The molecule has 5 rings (SSSR count). The normalized spacial score (nSPS) is 12.6. The Hall–Kier alpha value is -3.42. The number of nitrogens with one attached hydrogen (secondary N) is 1. The van der Waals surface area contributed by atoms with Crippen LogP contribution in [0, 0.1) is 6.92 Å². The van der Waals surface area contributed by atoms with Crippen molar-refractivity contribution >= 4 is 46.1 Å². The minimum absolute atomic E-state index is 0.0000125. The summed E-state index contributed by atoms with van der Waals surface area (Å²) in [6.07, 6.45) is 0.729. The number of carbonyl (C=O) groups is 2. The molecule has 2 aromatic heterocycles. The van der Waals surface area contributed by atoms with E-state index in [0.29, 0.717) is 44.7 Å². The van der Waals surface area contributed by atoms with Gasteiger partial charge in [0.15, 0.2) is 0 Å². The Morgan fingerprint density at radius 2 is 2.00 bits per heavy atom. The number of aryl methyl sites for hydroxylation is 1. The predicted molar refractivity (Wildman–Crippen MR) is 126 cm³/mol. The second-order valence-corrected chi connectivity index (χ2v) is 8.78. The minimum Gasteiger partial charge on any atom is -0.360 e. The molecule has 0 fully saturated rings. The van der Waals surface area contributed by atoms with Gasteiger partial charge in [-0.3, -0.25) is 9.59 Å². The zero-order valence-electron chi connectivity index (χ0n) is 17.1. The smallest absolute Gasteiger partial charge is 0.268 e. The SMILES string of the molecule is Cc1onc(-c2ccccc2Cl)c1C(=O)Nc1ccc2c(c1)CCN2C(=O)c1cccs1. The van der Waals surface area contributed by atoms with Crippen molar-refractivity contribution in [1.82, 2.24) is 5.16 Å². The van der Waals surface area contributed by atoms with Crippen LogP contribution in [0.15, 0.2) is 64.5 Å². The number of hydrogen-bond acceptors (Lipinski definition) is 5. The molecule has 0 atom stereocenters. The van der Waals surface area contributed by atoms with Crippen LogP contribution in [0.4, 0.5) is 11.4 Å². The molecule has 160 valence electrons. The highest BCUT2D eigenvalue weighted by Gasteiger charge is 2.27. The van der Waals surface area contributed by atoms with E-state index in [1.807, 2.05) is 41.8 Å². The Morgan fingerprint density at radius 3 is 2.78 bits per heavy atom. The maximum Gasteiger partial charge on any atom is 0.268 e. The average molecular weight is 464 g/mol. The van der Waals surface area contributed by atoms with Crippen molar-refractivity contribution in [1.29, 1.82) is 0 Å². The maximum atomic E-state index is 13.1. The van der Waals surface area contributed by atoms with Crippen molar-refractivity contribution in [2.24, 2.45) is 0 Å². The van der Waals surface area contributed by atoms with Gasteiger partial charge in [-0.15, -0.1) is 11.3 Å². The molecule has 8 heteroatoms. The first-order valence-electron chi connectivity index (χ1n) is 10.0. The summed E-state index contributed by atoms with van der Waals surface area (Å²) in [5, 5.41) is 9.37. The van der Waals surface area contributed by atoms with Crippen molar-refractivity contribution in [3.63, 3.8) is 0 Å². The summed E-state index contributed by atoms with van der Waals surface area (Å²) in [6.45, 7) is 2.31. The van der Waals surface area contributed by atoms with Crippen LogP contribution in [0.1, 0.15) is 31.4 Å². The largest absolute Gasteiger partial charge is 0.360 e. The van der Waals surface area contributed by atoms with Gasteiger partial charge in [-0.25, -0.2) is 0 Å². The fourth-order valence-corrected chi connectivity index (χ4v) is 4.79. The van der Waals surface area contributed by atoms with Crippen LogP contribution in [0.25, 0.3) is 11.3 Å². The zero-order valence-corrected chi connectivity index (χ0v) is 18.7. The first kappa shape index (κ1) is 20.5. The second-order valence-electron chi connectivity index (χ2n) is 7.42. The second kappa shape index (κ2) is 8.26. The van der Waals surface area contributed by atoms with Gasteiger partial charge in [0.1, 0.15) is 17.0 Å². The van der Waals surface area contributed by atoms with Gasteiger partial charge in [-0.1, -0.05) is 41.0 Å². The van der Waals surface area contributed by atoms with E-state index in [-0.39, 0.29) is 11.8 Å². The molecule has 0 saturated heterocycles. The van der Waals surface area contributed by atoms with Crippen LogP contribution in [0.2, 0.25) is 5.02 Å². The summed E-state index contributed by atoms with van der Waals surface area (Å²) in [4.78, 5) is 28.4. The molecular formula is C24H18ClN3O3S. The molecule has 0 spiro atoms. The van der Waals surface area contributed by atoms with Crippen LogP contribution in [-0.4, -0.2) is 23.5 Å². The lowest BCUT2D eigenvalue weighted by atomic mass is 10.1. The van der Waals surface area contributed by atoms with Gasteiger partial charge in [-0.05, 0) is 54.6 Å². The number of amides is 2. The molecule has 0 bridgehead atoms. The Balaban J connectivity index is 1.40. The first-order valence-corrected chi connectivity index (χ1v) is 11.3. The van der Waals surface area contributed by atoms with E-state index in [2.05, 4.69) is 10.5 Å². The lowest BCUT2D eigenvalue weighted by molar-refractivity contribution is 0.0991. The average Bonchev–Trinajstić information content (AvgIpc) is 3.53. The topological polar surface area (TPSA) is 75.4 Å². The quantitative estimate of drug-likeness (QED) is 0.413. The highest BCUT2D eigenvalue weighted by Crippen LogP contribution is 2.34. The van der Waals surface area contributed by atoms with E-state index in [9.17, 15) is 9.59 Å². The van der Waals surface area contributed by atoms with Gasteiger partial charge in [0, 0.05) is 23.5 Å². The number of halogens is 1. The summed E-state index contributed by atoms with van der Waals surface area (Å²) in [5.41, 5.74) is 3.91. The van der Waals surface area contributed by atoms with Gasteiger partial charge in [-0.2, -0.15) is 0 Å². The van der Waals surface area contributed by atoms with Crippen molar-refractivity contribution in [2.75, 3.05) is 16.8 Å². The lowest BCUT2D eigenvalue weighted by Gasteiger charge is -2.16. The third-order valence-electron chi connectivity index (χ3n) is 5.43. The van der Waals surface area contributed by atoms with Crippen molar-refractivity contribution in [3.8, 4) is 11.3 Å². The Morgan fingerprint density at radius 1 is 1.16 bits per heavy atom. The number of benzene rings is 2. The van der Waals surface area contributed by atoms with Gasteiger partial charge in [0.05, 0.1) is 9.90 Å². The summed E-state index contributed by atoms with van der Waals surface area (Å²) < 4.78 is 5.30. The van der Waals surface area contributed by atoms with Crippen LogP contribution in [-0.2, 0) is 6.42 Å². The number of thiophene rings is 1. The molecule has 1 N–H and O–H groups in total. The van der Waals surface area contributed by atoms with Gasteiger partial charge >= 0.3 is 0 Å². The third kappa shape index (κ3) is 3.59. The summed E-state index contributed by atoms with van der Waals surface area (Å²) in [7, 11) is 0. The third-order valence-corrected chi connectivity index (χ3v) is 6.62. The molecular weight excluding hydrogens is 446 g/mol. The first-order chi connectivity index (χ1) is 15.5. The number of fused-ring (bicyclic) bond motifs is 1. The fourth-order valence-electron chi connectivity index (χ4n) is 3.89. The molecule has 0 unspecified atom stereocenters. The maximum absolute atomic E-state index is 13.1. The Labute approximate surface area is 193 Å². The molecule has 2 aromatic carbocycles. The highest BCUT2D eigenvalue weighted by molar-refractivity contribution is 7.12. The molecule has 1 aliphatic rings. The number of rotatable bonds is 4. The molecule has 1 aliphatic heterocycles. The highest BCUT2D eigenvalue weighted by atomic mass is 35.5. The monoisotopic (exact) mass is 463 g/mol. The van der Waals surface area contributed by atoms with Crippen LogP contribution < -0.4 is 10.2 Å². The summed E-state index contributed by atoms with van der Waals surface area (Å²) in [5.74, 6) is 0.0782. The van der Waals surface area contributed by atoms with Crippen molar-refractivity contribution in [2.45, 2.75) is 13.3 Å². The predicted octanol–water partition coefficient (Wildman–Crippen LogP) is 5.82. The van der Waals surface area contributed by atoms with Crippen molar-refractivity contribution < 1.29 is 14.1 Å². The molecule has 6 nitrogen and oxygen atoms in total. The van der Waals surface area contributed by atoms with Crippen LogP contribution in [0.5, 0.6) is 0 Å². The summed E-state index contributed by atoms with van der Waals surface area (Å²) >= 11 is 7.73. The summed E-state index contributed by atoms with van der Waals surface area (Å²) in [6, 6.07) is 16.5. The molecule has 4 aromatic rings. The number of nitrogens with zero attached hydrogens (tertiary/aromatic N) is 2. The number of anilines is 2. The van der Waals surface area contributed by atoms with Crippen molar-refractivity contribution in [3.05, 3.63) is 86.8 Å². The van der Waals surface area contributed by atoms with Crippen LogP contribution >= 0.6 is 22.9 Å². The standard InChI is InChI=1S/C24H18ClN3O3S/c1-14-21(22(27-31-14)17-5-2-3-6-18(17)25)23(29)26-16-8-9-19-15(13-16)10-11-28(19)24(30)20-7-4-12-32-20/h2-9,12-13H,10-11H2,1H3,(H,26,29). The van der Waals surface area contributed by atoms with E-state index >= 15 is 0 Å². The van der Waals surface area contributed by atoms with Gasteiger partial charge in [0.2, 0.25) is 0 Å². The minimum atomic E-state index is -0.330. The molecule has 0 radical (unpaired) electrons. The number of aromatic nitrogens is 1. The van der Waals surface area contributed by atoms with Crippen LogP contribution in [0.3, 0.4) is 0 Å². The van der Waals surface area contributed by atoms with Gasteiger partial charge in [0.25, 0.3) is 11.8 Å². The molecule has 32 heavy (non-hydrogen) atoms. The Bertz CT molecular complexity index is 1330. The molecule has 3 heterocycles. The van der Waals surface area contributed by atoms with E-state index in [1.165, 1.54) is 11.3 Å².